The van der Waals surface area contributed by atoms with Crippen LogP contribution in [0.15, 0.2) is 24.3 Å². The van der Waals surface area contributed by atoms with Crippen LogP contribution >= 0.6 is 0 Å². The van der Waals surface area contributed by atoms with Crippen molar-refractivity contribution in [3.05, 3.63) is 51.8 Å². The standard InChI is InChI=1S/C12H5F3N2O3/c13-7-8(14)11(17(18)19)9(15)12-10(7)16-5-3-1-2-4-6(5)20-12/h1-4,16H. The van der Waals surface area contributed by atoms with E-state index in [2.05, 4.69) is 5.32 Å². The van der Waals surface area contributed by atoms with Crippen LogP contribution in [0.5, 0.6) is 11.5 Å². The van der Waals surface area contributed by atoms with Crippen LogP contribution in [-0.2, 0) is 0 Å². The quantitative estimate of drug-likeness (QED) is 0.418. The molecule has 2 aromatic carbocycles. The van der Waals surface area contributed by atoms with Crippen LogP contribution in [0.4, 0.5) is 30.2 Å². The number of hydrogen-bond acceptors (Lipinski definition) is 4. The highest BCUT2D eigenvalue weighted by Crippen LogP contribution is 2.47. The number of nitro benzene ring substituents is 1. The molecule has 102 valence electrons. The van der Waals surface area contributed by atoms with Crippen LogP contribution in [0.3, 0.4) is 0 Å². The summed E-state index contributed by atoms with van der Waals surface area (Å²) in [6.45, 7) is 0. The maximum Gasteiger partial charge on any atom is 0.347 e. The zero-order valence-corrected chi connectivity index (χ0v) is 9.62. The average Bonchev–Trinajstić information content (AvgIpc) is 2.43. The van der Waals surface area contributed by atoms with Gasteiger partial charge in [0, 0.05) is 0 Å². The zero-order chi connectivity index (χ0) is 14.4. The number of halogens is 3. The molecule has 1 aliphatic heterocycles. The summed E-state index contributed by atoms with van der Waals surface area (Å²) >= 11 is 0. The first-order chi connectivity index (χ1) is 9.50. The second-order valence-electron chi connectivity index (χ2n) is 3.98. The summed E-state index contributed by atoms with van der Waals surface area (Å²) in [5.74, 6) is -5.59. The molecule has 20 heavy (non-hydrogen) atoms. The van der Waals surface area contributed by atoms with Crippen LogP contribution in [-0.4, -0.2) is 4.92 Å². The van der Waals surface area contributed by atoms with Crippen LogP contribution in [0, 0.1) is 27.6 Å². The Morgan fingerprint density at radius 1 is 1.10 bits per heavy atom. The minimum Gasteiger partial charge on any atom is -0.449 e. The Morgan fingerprint density at radius 3 is 2.50 bits per heavy atom. The molecule has 1 aliphatic rings. The Balaban J connectivity index is 2.27. The lowest BCUT2D eigenvalue weighted by molar-refractivity contribution is -0.390. The van der Waals surface area contributed by atoms with Gasteiger partial charge < -0.3 is 10.1 Å². The number of hydrogen-bond donors (Lipinski definition) is 1. The topological polar surface area (TPSA) is 64.4 Å². The first kappa shape index (κ1) is 12.3. The summed E-state index contributed by atoms with van der Waals surface area (Å²) in [5, 5.41) is 13.1. The molecule has 3 rings (SSSR count). The highest BCUT2D eigenvalue weighted by molar-refractivity contribution is 5.77. The number of nitrogens with zero attached hydrogens (tertiary/aromatic N) is 1. The molecule has 8 heteroatoms. The number of ether oxygens (including phenoxy) is 1. The summed E-state index contributed by atoms with van der Waals surface area (Å²) in [6.07, 6.45) is 0. The van der Waals surface area contributed by atoms with Crippen molar-refractivity contribution in [1.82, 2.24) is 0 Å². The monoisotopic (exact) mass is 282 g/mol. The molecule has 2 aromatic rings. The molecule has 0 spiro atoms. The molecule has 0 fully saturated rings. The van der Waals surface area contributed by atoms with Crippen LogP contribution < -0.4 is 10.1 Å². The van der Waals surface area contributed by atoms with Crippen LogP contribution in [0.25, 0.3) is 0 Å². The Bertz CT molecular complexity index is 749. The van der Waals surface area contributed by atoms with Gasteiger partial charge in [-0.05, 0) is 12.1 Å². The van der Waals surface area contributed by atoms with Gasteiger partial charge in [0.05, 0.1) is 10.6 Å². The van der Waals surface area contributed by atoms with Gasteiger partial charge in [0.25, 0.3) is 0 Å². The fourth-order valence-electron chi connectivity index (χ4n) is 1.90. The van der Waals surface area contributed by atoms with E-state index >= 15 is 0 Å². The van der Waals surface area contributed by atoms with Crippen molar-refractivity contribution in [2.45, 2.75) is 0 Å². The molecule has 0 saturated carbocycles. The van der Waals surface area contributed by atoms with E-state index in [-0.39, 0.29) is 5.75 Å². The van der Waals surface area contributed by atoms with E-state index in [1.165, 1.54) is 12.1 Å². The van der Waals surface area contributed by atoms with Crippen molar-refractivity contribution >= 4 is 17.1 Å². The number of fused-ring (bicyclic) bond motifs is 2. The molecule has 0 unspecified atom stereocenters. The van der Waals surface area contributed by atoms with Crippen LogP contribution in [0.2, 0.25) is 0 Å². The Kier molecular flexibility index (Phi) is 2.53. The van der Waals surface area contributed by atoms with Gasteiger partial charge in [-0.1, -0.05) is 12.1 Å². The van der Waals surface area contributed by atoms with Crippen LogP contribution in [0.1, 0.15) is 0 Å². The van der Waals surface area contributed by atoms with E-state index in [0.717, 1.165) is 0 Å². The normalized spacial score (nSPS) is 11.9. The van der Waals surface area contributed by atoms with Crippen molar-refractivity contribution in [2.24, 2.45) is 0 Å². The summed E-state index contributed by atoms with van der Waals surface area (Å²) in [7, 11) is 0. The largest absolute Gasteiger partial charge is 0.449 e. The lowest BCUT2D eigenvalue weighted by Crippen LogP contribution is -2.11. The predicted octanol–water partition coefficient (Wildman–Crippen LogP) is 3.86. The number of nitrogens with one attached hydrogen (secondary N) is 1. The van der Waals surface area contributed by atoms with E-state index < -0.39 is 39.5 Å². The molecule has 0 aliphatic carbocycles. The van der Waals surface area contributed by atoms with Gasteiger partial charge in [0.2, 0.25) is 11.6 Å². The number of para-hydroxylation sites is 2. The maximum absolute atomic E-state index is 13.9. The molecular formula is C12H5F3N2O3. The van der Waals surface area contributed by atoms with Gasteiger partial charge >= 0.3 is 5.69 Å². The Morgan fingerprint density at radius 2 is 1.80 bits per heavy atom. The summed E-state index contributed by atoms with van der Waals surface area (Å²) in [4.78, 5) is 9.27. The predicted molar refractivity (Wildman–Crippen MR) is 62.8 cm³/mol. The third-order valence-electron chi connectivity index (χ3n) is 2.80. The van der Waals surface area contributed by atoms with Gasteiger partial charge in [-0.3, -0.25) is 10.1 Å². The van der Waals surface area contributed by atoms with E-state index in [1.54, 1.807) is 12.1 Å². The second kappa shape index (κ2) is 4.12. The molecule has 0 amide bonds. The van der Waals surface area contributed by atoms with Gasteiger partial charge in [-0.2, -0.15) is 8.78 Å². The second-order valence-corrected chi connectivity index (χ2v) is 3.98. The number of anilines is 2. The van der Waals surface area contributed by atoms with E-state index in [9.17, 15) is 23.3 Å². The summed E-state index contributed by atoms with van der Waals surface area (Å²) in [5.41, 5.74) is -1.89. The Labute approximate surface area is 109 Å². The lowest BCUT2D eigenvalue weighted by Gasteiger charge is -2.22. The van der Waals surface area contributed by atoms with Crippen molar-refractivity contribution in [2.75, 3.05) is 5.32 Å². The first-order valence-electron chi connectivity index (χ1n) is 5.39. The molecule has 0 radical (unpaired) electrons. The van der Waals surface area contributed by atoms with Gasteiger partial charge in [-0.25, -0.2) is 4.39 Å². The number of rotatable bonds is 1. The minimum atomic E-state index is -1.87. The molecule has 5 nitrogen and oxygen atoms in total. The van der Waals surface area contributed by atoms with Crippen molar-refractivity contribution in [3.8, 4) is 11.5 Å². The Hall–Kier alpha value is -2.77. The fourth-order valence-corrected chi connectivity index (χ4v) is 1.90. The van der Waals surface area contributed by atoms with E-state index in [1.807, 2.05) is 0 Å². The molecule has 1 N–H and O–H groups in total. The SMILES string of the molecule is O=[N+]([O-])c1c(F)c(F)c2c(c1F)Oc1ccccc1N2. The molecule has 1 heterocycles. The zero-order valence-electron chi connectivity index (χ0n) is 9.62. The molecule has 0 bridgehead atoms. The van der Waals surface area contributed by atoms with Crippen molar-refractivity contribution in [1.29, 1.82) is 0 Å². The highest BCUT2D eigenvalue weighted by atomic mass is 19.2. The molecule has 0 aromatic heterocycles. The molecule has 0 saturated heterocycles. The third kappa shape index (κ3) is 1.58. The number of benzene rings is 2. The average molecular weight is 282 g/mol. The molecular weight excluding hydrogens is 277 g/mol. The van der Waals surface area contributed by atoms with Crippen molar-refractivity contribution < 1.29 is 22.8 Å². The summed E-state index contributed by atoms with van der Waals surface area (Å²) in [6, 6.07) is 6.15. The molecule has 0 atom stereocenters. The highest BCUT2D eigenvalue weighted by Gasteiger charge is 2.36. The first-order valence-corrected chi connectivity index (χ1v) is 5.39. The summed E-state index contributed by atoms with van der Waals surface area (Å²) < 4.78 is 46.3. The number of nitro groups is 1. The van der Waals surface area contributed by atoms with Gasteiger partial charge in [-0.15, -0.1) is 0 Å². The smallest absolute Gasteiger partial charge is 0.347 e. The minimum absolute atomic E-state index is 0.152. The van der Waals surface area contributed by atoms with Crippen molar-refractivity contribution in [3.63, 3.8) is 0 Å². The van der Waals surface area contributed by atoms with E-state index in [4.69, 9.17) is 4.74 Å². The third-order valence-corrected chi connectivity index (χ3v) is 2.80. The maximum atomic E-state index is 13.9. The lowest BCUT2D eigenvalue weighted by atomic mass is 10.1. The fraction of sp³-hybridized carbons (Fsp3) is 0. The van der Waals surface area contributed by atoms with Gasteiger partial charge in [0.1, 0.15) is 5.69 Å². The van der Waals surface area contributed by atoms with E-state index in [0.29, 0.717) is 5.69 Å². The van der Waals surface area contributed by atoms with Gasteiger partial charge in [0.15, 0.2) is 17.3 Å².